The Labute approximate surface area is 159 Å². The van der Waals surface area contributed by atoms with E-state index < -0.39 is 0 Å². The molecule has 1 heterocycles. The third-order valence-corrected chi connectivity index (χ3v) is 5.83. The lowest BCUT2D eigenvalue weighted by Gasteiger charge is -2.35. The van der Waals surface area contributed by atoms with Gasteiger partial charge in [-0.25, -0.2) is 0 Å². The van der Waals surface area contributed by atoms with Crippen molar-refractivity contribution in [2.45, 2.75) is 40.0 Å². The van der Waals surface area contributed by atoms with Crippen molar-refractivity contribution in [3.05, 3.63) is 69.9 Å². The molecular formula is C23H24N2O2. The Balaban J connectivity index is 2.01. The quantitative estimate of drug-likeness (QED) is 0.418. The van der Waals surface area contributed by atoms with Gasteiger partial charge >= 0.3 is 0 Å². The van der Waals surface area contributed by atoms with Crippen LogP contribution in [-0.2, 0) is 12.8 Å². The molecular weight excluding hydrogens is 336 g/mol. The topological polar surface area (TPSA) is 56.0 Å². The van der Waals surface area contributed by atoms with Gasteiger partial charge in [0.25, 0.3) is 5.69 Å². The average molecular weight is 360 g/mol. The molecule has 1 aromatic heterocycles. The molecule has 0 bridgehead atoms. The van der Waals surface area contributed by atoms with E-state index in [4.69, 9.17) is 4.98 Å². The van der Waals surface area contributed by atoms with E-state index in [0.717, 1.165) is 47.0 Å². The van der Waals surface area contributed by atoms with Crippen LogP contribution >= 0.6 is 0 Å². The maximum absolute atomic E-state index is 11.3. The van der Waals surface area contributed by atoms with Crippen molar-refractivity contribution in [1.82, 2.24) is 4.98 Å². The zero-order valence-corrected chi connectivity index (χ0v) is 16.0. The van der Waals surface area contributed by atoms with Crippen molar-refractivity contribution in [1.29, 1.82) is 0 Å². The van der Waals surface area contributed by atoms with Gasteiger partial charge < -0.3 is 0 Å². The summed E-state index contributed by atoms with van der Waals surface area (Å²) in [5, 5.41) is 12.2. The van der Waals surface area contributed by atoms with E-state index in [1.807, 2.05) is 18.2 Å². The number of hydrogen-bond acceptors (Lipinski definition) is 3. The van der Waals surface area contributed by atoms with E-state index >= 15 is 0 Å². The Kier molecular flexibility index (Phi) is 4.22. The van der Waals surface area contributed by atoms with Crippen molar-refractivity contribution >= 4 is 16.6 Å². The molecule has 0 fully saturated rings. The summed E-state index contributed by atoms with van der Waals surface area (Å²) in [7, 11) is 0. The van der Waals surface area contributed by atoms with Gasteiger partial charge in [0.15, 0.2) is 0 Å². The van der Waals surface area contributed by atoms with E-state index in [2.05, 4.69) is 32.9 Å². The van der Waals surface area contributed by atoms with Crippen LogP contribution in [0.5, 0.6) is 0 Å². The summed E-state index contributed by atoms with van der Waals surface area (Å²) >= 11 is 0. The number of nitrogens with zero attached hydrogens (tertiary/aromatic N) is 2. The van der Waals surface area contributed by atoms with Gasteiger partial charge in [-0.15, -0.1) is 0 Å². The van der Waals surface area contributed by atoms with Crippen LogP contribution in [0.1, 0.15) is 38.4 Å². The second-order valence-electron chi connectivity index (χ2n) is 8.54. The van der Waals surface area contributed by atoms with Crippen LogP contribution in [0.25, 0.3) is 22.0 Å². The van der Waals surface area contributed by atoms with Gasteiger partial charge in [0, 0.05) is 23.2 Å². The molecule has 0 saturated heterocycles. The summed E-state index contributed by atoms with van der Waals surface area (Å²) in [4.78, 5) is 15.9. The number of nitro groups is 1. The number of non-ortho nitro benzene ring substituents is 1. The van der Waals surface area contributed by atoms with Crippen LogP contribution in [0, 0.1) is 21.4 Å². The van der Waals surface area contributed by atoms with Crippen LogP contribution in [-0.4, -0.2) is 9.91 Å². The number of fused-ring (bicyclic) bond motifs is 2. The Bertz CT molecular complexity index is 1020. The van der Waals surface area contributed by atoms with Crippen molar-refractivity contribution < 1.29 is 4.92 Å². The Morgan fingerprint density at radius 1 is 1.11 bits per heavy atom. The van der Waals surface area contributed by atoms with Gasteiger partial charge in [0.05, 0.1) is 10.4 Å². The van der Waals surface area contributed by atoms with Gasteiger partial charge in [0.2, 0.25) is 0 Å². The normalized spacial score (nSPS) is 16.9. The van der Waals surface area contributed by atoms with Crippen molar-refractivity contribution in [2.24, 2.45) is 11.3 Å². The van der Waals surface area contributed by atoms with E-state index in [1.54, 1.807) is 18.2 Å². The highest BCUT2D eigenvalue weighted by atomic mass is 16.6. The summed E-state index contributed by atoms with van der Waals surface area (Å²) in [5.41, 5.74) is 5.82. The molecule has 27 heavy (non-hydrogen) atoms. The molecule has 1 atom stereocenters. The summed E-state index contributed by atoms with van der Waals surface area (Å²) in [6.45, 7) is 6.89. The lowest BCUT2D eigenvalue weighted by atomic mass is 9.70. The van der Waals surface area contributed by atoms with E-state index in [0.29, 0.717) is 5.92 Å². The van der Waals surface area contributed by atoms with Crippen LogP contribution < -0.4 is 0 Å². The first-order chi connectivity index (χ1) is 12.8. The number of aryl methyl sites for hydroxylation is 1. The predicted octanol–water partition coefficient (Wildman–Crippen LogP) is 5.96. The van der Waals surface area contributed by atoms with Gasteiger partial charge in [-0.2, -0.15) is 0 Å². The highest BCUT2D eigenvalue weighted by Gasteiger charge is 2.31. The standard InChI is InChI=1S/C23H24N2O2/c1-23(2,3)16-9-11-20-18(13-16)22(15-7-5-4-6-8-15)19-14-17(25(26)27)10-12-21(19)24-20/h4-8,10,12,14,16H,9,11,13H2,1-3H3/t16-/m0/s1. The fraction of sp³-hybridized carbons (Fsp3) is 0.348. The second-order valence-corrected chi connectivity index (χ2v) is 8.54. The van der Waals surface area contributed by atoms with Gasteiger partial charge in [-0.05, 0) is 53.4 Å². The highest BCUT2D eigenvalue weighted by Crippen LogP contribution is 2.43. The number of nitro benzene ring substituents is 1. The van der Waals surface area contributed by atoms with E-state index in [-0.39, 0.29) is 16.0 Å². The molecule has 0 amide bonds. The molecule has 3 aromatic rings. The lowest BCUT2D eigenvalue weighted by Crippen LogP contribution is -2.28. The summed E-state index contributed by atoms with van der Waals surface area (Å²) in [6.07, 6.45) is 3.06. The van der Waals surface area contributed by atoms with Crippen molar-refractivity contribution in [3.8, 4) is 11.1 Å². The molecule has 0 N–H and O–H groups in total. The minimum atomic E-state index is -0.328. The molecule has 0 aliphatic heterocycles. The smallest absolute Gasteiger partial charge is 0.258 e. The first-order valence-corrected chi connectivity index (χ1v) is 9.50. The Morgan fingerprint density at radius 2 is 1.85 bits per heavy atom. The van der Waals surface area contributed by atoms with Crippen LogP contribution in [0.15, 0.2) is 48.5 Å². The number of hydrogen-bond donors (Lipinski definition) is 0. The molecule has 0 unspecified atom stereocenters. The third kappa shape index (κ3) is 3.20. The van der Waals surface area contributed by atoms with Crippen molar-refractivity contribution in [2.75, 3.05) is 0 Å². The maximum atomic E-state index is 11.3. The SMILES string of the molecule is CC(C)(C)[C@H]1CCc2nc3ccc([N+](=O)[O-])cc3c(-c3ccccc3)c2C1. The van der Waals surface area contributed by atoms with Crippen LogP contribution in [0.2, 0.25) is 0 Å². The highest BCUT2D eigenvalue weighted by molar-refractivity contribution is 5.98. The second kappa shape index (κ2) is 6.45. The number of rotatable bonds is 2. The largest absolute Gasteiger partial charge is 0.270 e. The minimum absolute atomic E-state index is 0.115. The Hall–Kier alpha value is -2.75. The van der Waals surface area contributed by atoms with Gasteiger partial charge in [0.1, 0.15) is 0 Å². The minimum Gasteiger partial charge on any atom is -0.258 e. The molecule has 4 rings (SSSR count). The lowest BCUT2D eigenvalue weighted by molar-refractivity contribution is -0.384. The summed E-state index contributed by atoms with van der Waals surface area (Å²) < 4.78 is 0. The monoisotopic (exact) mass is 360 g/mol. The number of benzene rings is 2. The van der Waals surface area contributed by atoms with Gasteiger partial charge in [-0.1, -0.05) is 51.1 Å². The summed E-state index contributed by atoms with van der Waals surface area (Å²) in [5.74, 6) is 0.574. The molecule has 0 saturated carbocycles. The third-order valence-electron chi connectivity index (χ3n) is 5.83. The summed E-state index contributed by atoms with van der Waals surface area (Å²) in [6, 6.07) is 15.3. The fourth-order valence-electron chi connectivity index (χ4n) is 4.21. The number of aromatic nitrogens is 1. The van der Waals surface area contributed by atoms with E-state index in [1.165, 1.54) is 5.56 Å². The van der Waals surface area contributed by atoms with E-state index in [9.17, 15) is 10.1 Å². The van der Waals surface area contributed by atoms with Crippen molar-refractivity contribution in [3.63, 3.8) is 0 Å². The van der Waals surface area contributed by atoms with Crippen LogP contribution in [0.4, 0.5) is 5.69 Å². The molecule has 1 aliphatic rings. The maximum Gasteiger partial charge on any atom is 0.270 e. The first kappa shape index (κ1) is 17.7. The van der Waals surface area contributed by atoms with Crippen LogP contribution in [0.3, 0.4) is 0 Å². The predicted molar refractivity (Wildman–Crippen MR) is 109 cm³/mol. The molecule has 2 aromatic carbocycles. The molecule has 1 aliphatic carbocycles. The first-order valence-electron chi connectivity index (χ1n) is 9.50. The number of pyridine rings is 1. The zero-order chi connectivity index (χ0) is 19.2. The molecule has 4 heteroatoms. The average Bonchev–Trinajstić information content (AvgIpc) is 2.65. The molecule has 4 nitrogen and oxygen atoms in total. The fourth-order valence-corrected chi connectivity index (χ4v) is 4.21. The Morgan fingerprint density at radius 3 is 2.52 bits per heavy atom. The zero-order valence-electron chi connectivity index (χ0n) is 16.0. The van der Waals surface area contributed by atoms with Gasteiger partial charge in [-0.3, -0.25) is 15.1 Å². The molecule has 138 valence electrons. The molecule has 0 spiro atoms. The molecule has 0 radical (unpaired) electrons.